The van der Waals surface area contributed by atoms with E-state index in [1.54, 1.807) is 0 Å². The topological polar surface area (TPSA) is 25.8 Å². The average Bonchev–Trinajstić information content (AvgIpc) is 2.81. The summed E-state index contributed by atoms with van der Waals surface area (Å²) in [6.07, 6.45) is 0. The Bertz CT molecular complexity index is 1900. The summed E-state index contributed by atoms with van der Waals surface area (Å²) in [4.78, 5) is 10.2. The van der Waals surface area contributed by atoms with Crippen molar-refractivity contribution in [3.05, 3.63) is 96.1 Å². The second-order valence-electron chi connectivity index (χ2n) is 8.75. The van der Waals surface area contributed by atoms with Gasteiger partial charge in [0.15, 0.2) is 0 Å². The van der Waals surface area contributed by atoms with Gasteiger partial charge in [0, 0.05) is 10.8 Å². The van der Waals surface area contributed by atoms with E-state index in [1.807, 2.05) is 0 Å². The lowest BCUT2D eigenvalue weighted by molar-refractivity contribution is 1.36. The van der Waals surface area contributed by atoms with Crippen molar-refractivity contribution in [2.24, 2.45) is 0 Å². The summed E-state index contributed by atoms with van der Waals surface area (Å²) in [6.45, 7) is 4.26. The molecule has 0 saturated carbocycles. The third kappa shape index (κ3) is 2.47. The lowest BCUT2D eigenvalue weighted by atomic mass is 9.98. The standard InChI is InChI=1S/C30H19N2/c1-17-11-23-14-22-8-10-28-30(26(22)16-24(23)12-18(17)2)32-27-9-7-21-13-19-5-3-4-6-20(19)15-25(21)29(27)31-28/h3-10,12-16H,1-2H3. The Morgan fingerprint density at radius 1 is 0.562 bits per heavy atom. The summed E-state index contributed by atoms with van der Waals surface area (Å²) < 4.78 is 0. The monoisotopic (exact) mass is 407 g/mol. The first-order chi connectivity index (χ1) is 15.6. The fraction of sp³-hybridized carbons (Fsp3) is 0.0667. The molecule has 0 atom stereocenters. The van der Waals surface area contributed by atoms with Crippen molar-refractivity contribution >= 4 is 65.2 Å². The molecule has 1 radical (unpaired) electrons. The van der Waals surface area contributed by atoms with Crippen LogP contribution in [-0.2, 0) is 0 Å². The fourth-order valence-corrected chi connectivity index (χ4v) is 4.87. The van der Waals surface area contributed by atoms with E-state index in [2.05, 4.69) is 98.8 Å². The predicted octanol–water partition coefficient (Wildman–Crippen LogP) is 7.81. The van der Waals surface area contributed by atoms with Gasteiger partial charge in [-0.3, -0.25) is 0 Å². The Kier molecular flexibility index (Phi) is 3.44. The summed E-state index contributed by atoms with van der Waals surface area (Å²) in [5.74, 6) is 0. The van der Waals surface area contributed by atoms with Crippen molar-refractivity contribution < 1.29 is 0 Å². The van der Waals surface area contributed by atoms with Gasteiger partial charge in [-0.1, -0.05) is 42.5 Å². The Morgan fingerprint density at radius 2 is 1.16 bits per heavy atom. The normalized spacial score (nSPS) is 12.1. The Hall–Kier alpha value is -4.04. The molecule has 0 spiro atoms. The van der Waals surface area contributed by atoms with Crippen molar-refractivity contribution in [3.8, 4) is 0 Å². The first kappa shape index (κ1) is 17.6. The molecule has 0 N–H and O–H groups in total. The molecule has 0 aliphatic rings. The van der Waals surface area contributed by atoms with E-state index in [0.29, 0.717) is 0 Å². The molecule has 6 aromatic carbocycles. The van der Waals surface area contributed by atoms with Gasteiger partial charge in [-0.05, 0) is 99.8 Å². The zero-order valence-corrected chi connectivity index (χ0v) is 17.9. The number of hydrogen-bond acceptors (Lipinski definition) is 2. The van der Waals surface area contributed by atoms with Crippen LogP contribution in [0.15, 0.2) is 78.9 Å². The number of aryl methyl sites for hydroxylation is 2. The second kappa shape index (κ2) is 6.24. The van der Waals surface area contributed by atoms with Crippen LogP contribution in [-0.4, -0.2) is 9.97 Å². The average molecular weight is 407 g/mol. The van der Waals surface area contributed by atoms with E-state index in [4.69, 9.17) is 9.97 Å². The number of hydrogen-bond donors (Lipinski definition) is 0. The molecule has 0 bridgehead atoms. The van der Waals surface area contributed by atoms with Crippen molar-refractivity contribution in [2.45, 2.75) is 13.8 Å². The van der Waals surface area contributed by atoms with Crippen molar-refractivity contribution in [1.29, 1.82) is 0 Å². The smallest absolute Gasteiger partial charge is 0.0973 e. The van der Waals surface area contributed by atoms with Crippen LogP contribution < -0.4 is 0 Å². The van der Waals surface area contributed by atoms with E-state index in [1.165, 1.54) is 38.1 Å². The van der Waals surface area contributed by atoms with Gasteiger partial charge >= 0.3 is 0 Å². The Morgan fingerprint density at radius 3 is 1.84 bits per heavy atom. The van der Waals surface area contributed by atoms with Gasteiger partial charge in [-0.15, -0.1) is 0 Å². The van der Waals surface area contributed by atoms with Gasteiger partial charge in [0.2, 0.25) is 0 Å². The van der Waals surface area contributed by atoms with Crippen LogP contribution >= 0.6 is 0 Å². The minimum atomic E-state index is 0.929. The molecule has 2 heteroatoms. The molecule has 1 heterocycles. The van der Waals surface area contributed by atoms with Crippen LogP contribution in [0.3, 0.4) is 0 Å². The maximum Gasteiger partial charge on any atom is 0.0973 e. The summed E-state index contributed by atoms with van der Waals surface area (Å²) in [7, 11) is 0. The van der Waals surface area contributed by atoms with Gasteiger partial charge in [-0.2, -0.15) is 0 Å². The molecule has 0 unspecified atom stereocenters. The van der Waals surface area contributed by atoms with E-state index >= 15 is 0 Å². The van der Waals surface area contributed by atoms with Gasteiger partial charge in [0.05, 0.1) is 22.1 Å². The highest BCUT2D eigenvalue weighted by molar-refractivity contribution is 6.14. The maximum absolute atomic E-state index is 5.11. The summed E-state index contributed by atoms with van der Waals surface area (Å²) >= 11 is 0. The number of nitrogens with zero attached hydrogens (tertiary/aromatic N) is 2. The van der Waals surface area contributed by atoms with Crippen LogP contribution in [0.1, 0.15) is 11.1 Å². The lowest BCUT2D eigenvalue weighted by Gasteiger charge is -2.10. The summed E-state index contributed by atoms with van der Waals surface area (Å²) in [5, 5.41) is 9.46. The van der Waals surface area contributed by atoms with Gasteiger partial charge in [-0.25, -0.2) is 9.97 Å². The van der Waals surface area contributed by atoms with Crippen molar-refractivity contribution in [3.63, 3.8) is 0 Å². The zero-order valence-electron chi connectivity index (χ0n) is 17.9. The van der Waals surface area contributed by atoms with Gasteiger partial charge < -0.3 is 0 Å². The molecule has 7 rings (SSSR count). The molecule has 0 fully saturated rings. The van der Waals surface area contributed by atoms with E-state index in [0.717, 1.165) is 38.2 Å². The highest BCUT2D eigenvalue weighted by atomic mass is 14.8. The van der Waals surface area contributed by atoms with Gasteiger partial charge in [0.1, 0.15) is 0 Å². The third-order valence-corrected chi connectivity index (χ3v) is 6.73. The zero-order chi connectivity index (χ0) is 21.4. The minimum absolute atomic E-state index is 0.929. The molecule has 0 saturated heterocycles. The molecule has 32 heavy (non-hydrogen) atoms. The molecule has 0 amide bonds. The first-order valence-corrected chi connectivity index (χ1v) is 10.9. The largest absolute Gasteiger partial charge is 0.244 e. The lowest BCUT2D eigenvalue weighted by Crippen LogP contribution is -1.91. The molecular formula is C30H19N2. The van der Waals surface area contributed by atoms with Crippen molar-refractivity contribution in [1.82, 2.24) is 9.97 Å². The van der Waals surface area contributed by atoms with Gasteiger partial charge in [0.25, 0.3) is 0 Å². The maximum atomic E-state index is 5.11. The van der Waals surface area contributed by atoms with E-state index in [-0.39, 0.29) is 0 Å². The SMILES string of the molecule is Cc1[c]c2cc3ccc4nc5c(ccc6cc7ccccc7cc65)nc4c3cc2cc1C. The molecule has 0 aliphatic carbocycles. The molecule has 0 aliphatic heterocycles. The number of benzene rings is 6. The number of aromatic nitrogens is 2. The van der Waals surface area contributed by atoms with Crippen molar-refractivity contribution in [2.75, 3.05) is 0 Å². The van der Waals surface area contributed by atoms with Crippen LogP contribution in [0.2, 0.25) is 0 Å². The third-order valence-electron chi connectivity index (χ3n) is 6.73. The quantitative estimate of drug-likeness (QED) is 0.189. The number of rotatable bonds is 0. The fourth-order valence-electron chi connectivity index (χ4n) is 4.87. The summed E-state index contributed by atoms with van der Waals surface area (Å²) in [5.41, 5.74) is 6.23. The highest BCUT2D eigenvalue weighted by Crippen LogP contribution is 2.33. The minimum Gasteiger partial charge on any atom is -0.244 e. The van der Waals surface area contributed by atoms with Crippen LogP contribution in [0.4, 0.5) is 0 Å². The molecule has 149 valence electrons. The molecular weight excluding hydrogens is 388 g/mol. The summed E-state index contributed by atoms with van der Waals surface area (Å²) in [6, 6.07) is 31.7. The Balaban J connectivity index is 1.58. The second-order valence-corrected chi connectivity index (χ2v) is 8.75. The number of fused-ring (bicyclic) bond motifs is 8. The first-order valence-electron chi connectivity index (χ1n) is 10.9. The Labute approximate surface area is 185 Å². The molecule has 1 aromatic heterocycles. The van der Waals surface area contributed by atoms with Crippen LogP contribution in [0, 0.1) is 19.9 Å². The molecule has 2 nitrogen and oxygen atoms in total. The predicted molar refractivity (Wildman–Crippen MR) is 135 cm³/mol. The van der Waals surface area contributed by atoms with E-state index < -0.39 is 0 Å². The van der Waals surface area contributed by atoms with Crippen LogP contribution in [0.5, 0.6) is 0 Å². The molecule has 7 aromatic rings. The van der Waals surface area contributed by atoms with Crippen LogP contribution in [0.25, 0.3) is 65.2 Å². The van der Waals surface area contributed by atoms with E-state index in [9.17, 15) is 0 Å². The highest BCUT2D eigenvalue weighted by Gasteiger charge is 2.11.